The summed E-state index contributed by atoms with van der Waals surface area (Å²) in [5.74, 6) is -8.88. The molecule has 1 N–H and O–H groups in total. The molecule has 15 heteroatoms. The third-order valence-electron chi connectivity index (χ3n) is 8.93. The molecular formula is C43H46F8O7. The summed E-state index contributed by atoms with van der Waals surface area (Å²) in [5, 5.41) is 9.15. The van der Waals surface area contributed by atoms with Crippen molar-refractivity contribution in [3.63, 3.8) is 0 Å². The largest absolute Gasteiger partial charge is 0.505 e. The highest BCUT2D eigenvalue weighted by atomic mass is 19.3. The van der Waals surface area contributed by atoms with Crippen molar-refractivity contribution in [2.45, 2.75) is 96.2 Å². The molecule has 0 amide bonds. The number of hydrogen-bond acceptors (Lipinski definition) is 7. The van der Waals surface area contributed by atoms with Crippen molar-refractivity contribution in [3.05, 3.63) is 107 Å². The summed E-state index contributed by atoms with van der Waals surface area (Å²) in [5.41, 5.74) is -1.16. The Labute approximate surface area is 331 Å². The molecule has 7 nitrogen and oxygen atoms in total. The van der Waals surface area contributed by atoms with Crippen LogP contribution in [0.5, 0.6) is 34.5 Å². The number of rotatable bonds is 26. The van der Waals surface area contributed by atoms with Crippen LogP contribution in [0.4, 0.5) is 35.1 Å². The predicted octanol–water partition coefficient (Wildman–Crippen LogP) is 12.3. The minimum absolute atomic E-state index is 0.0710. The molecule has 0 heterocycles. The van der Waals surface area contributed by atoms with E-state index in [1.165, 1.54) is 24.3 Å². The maximum atomic E-state index is 14.7. The molecule has 0 aliphatic carbocycles. The lowest BCUT2D eigenvalue weighted by molar-refractivity contribution is -0.187. The number of carbonyl (C=O) groups is 1. The fraction of sp³-hybridized carbons (Fsp3) is 0.419. The molecule has 0 saturated carbocycles. The maximum absolute atomic E-state index is 14.7. The van der Waals surface area contributed by atoms with Gasteiger partial charge in [0.25, 0.3) is 0 Å². The van der Waals surface area contributed by atoms with Crippen molar-refractivity contribution >= 4 is 5.78 Å². The van der Waals surface area contributed by atoms with Gasteiger partial charge in [0.15, 0.2) is 23.0 Å². The van der Waals surface area contributed by atoms with Gasteiger partial charge in [0.2, 0.25) is 23.3 Å². The number of ether oxygens (including phenoxy) is 5. The number of alkyl halides is 4. The monoisotopic (exact) mass is 826 g/mol. The Morgan fingerprint density at radius 1 is 0.500 bits per heavy atom. The van der Waals surface area contributed by atoms with Crippen LogP contribution in [0.15, 0.2) is 72.8 Å². The number of phenolic OH excluding ortho intramolecular Hbond substituents is 1. The smallest absolute Gasteiger partial charge is 0.426 e. The van der Waals surface area contributed by atoms with E-state index in [1.807, 2.05) is 0 Å². The molecule has 0 saturated heterocycles. The van der Waals surface area contributed by atoms with E-state index < -0.39 is 69.6 Å². The van der Waals surface area contributed by atoms with Gasteiger partial charge >= 0.3 is 12.2 Å². The molecule has 4 aromatic rings. The number of ketones is 1. The van der Waals surface area contributed by atoms with Crippen LogP contribution < -0.4 is 23.7 Å². The minimum atomic E-state index is -3.97. The zero-order chi connectivity index (χ0) is 42.1. The summed E-state index contributed by atoms with van der Waals surface area (Å²) in [6, 6.07) is 12.9. The zero-order valence-electron chi connectivity index (χ0n) is 32.0. The Hall–Kier alpha value is -5.21. The van der Waals surface area contributed by atoms with Gasteiger partial charge in [-0.25, -0.2) is 0 Å². The average Bonchev–Trinajstić information content (AvgIpc) is 3.20. The molecule has 4 aromatic carbocycles. The summed E-state index contributed by atoms with van der Waals surface area (Å²) in [4.78, 5) is 12.3. The number of carbonyl (C=O) groups excluding carboxylic acids is 1. The van der Waals surface area contributed by atoms with Gasteiger partial charge < -0.3 is 28.8 Å². The third kappa shape index (κ3) is 13.7. The number of benzene rings is 4. The lowest BCUT2D eigenvalue weighted by Crippen LogP contribution is -2.22. The van der Waals surface area contributed by atoms with Crippen molar-refractivity contribution in [2.24, 2.45) is 0 Å². The standard InChI is InChI=1S/C43H46F8O7/c1-2-54-35-25-26-37(41(47)39(35)45)58-43(50,51)30-17-21-33(22-18-30)56-28-12-8-4-6-10-14-31(52)13-9-5-3-7-11-27-55-32-19-15-29(16-20-32)42(48,49)57-36-24-23-34(53)38(44)40(36)46/h15-26,53H,2-14,27-28H2,1H3. The summed E-state index contributed by atoms with van der Waals surface area (Å²) >= 11 is 0. The van der Waals surface area contributed by atoms with Crippen molar-refractivity contribution < 1.29 is 68.7 Å². The van der Waals surface area contributed by atoms with Gasteiger partial charge in [0.1, 0.15) is 17.3 Å². The van der Waals surface area contributed by atoms with Crippen molar-refractivity contribution in [1.82, 2.24) is 0 Å². The number of Topliss-reactive ketones (excluding diaryl/α,β-unsaturated/α-hetero) is 1. The van der Waals surface area contributed by atoms with Crippen LogP contribution in [0, 0.1) is 23.3 Å². The number of phenols is 1. The van der Waals surface area contributed by atoms with E-state index in [4.69, 9.17) is 19.3 Å². The van der Waals surface area contributed by atoms with Gasteiger partial charge in [-0.2, -0.15) is 35.1 Å². The van der Waals surface area contributed by atoms with Crippen molar-refractivity contribution in [1.29, 1.82) is 0 Å². The number of hydrogen-bond donors (Lipinski definition) is 1. The topological polar surface area (TPSA) is 83.5 Å². The molecular weight excluding hydrogens is 780 g/mol. The van der Waals surface area contributed by atoms with E-state index >= 15 is 0 Å². The lowest BCUT2D eigenvalue weighted by Gasteiger charge is -2.19. The number of unbranched alkanes of at least 4 members (excludes halogenated alkanes) is 8. The fourth-order valence-electron chi connectivity index (χ4n) is 5.76. The Morgan fingerprint density at radius 3 is 1.34 bits per heavy atom. The van der Waals surface area contributed by atoms with Crippen molar-refractivity contribution in [2.75, 3.05) is 19.8 Å². The summed E-state index contributed by atoms with van der Waals surface area (Å²) in [6.07, 6.45) is 1.55. The first-order chi connectivity index (χ1) is 27.7. The molecule has 0 atom stereocenters. The first kappa shape index (κ1) is 45.5. The van der Waals surface area contributed by atoms with Gasteiger partial charge in [0, 0.05) is 12.8 Å². The average molecular weight is 827 g/mol. The molecule has 0 aliphatic heterocycles. The van der Waals surface area contributed by atoms with Crippen LogP contribution in [0.3, 0.4) is 0 Å². The van der Waals surface area contributed by atoms with Crippen molar-refractivity contribution in [3.8, 4) is 34.5 Å². The second kappa shape index (κ2) is 22.1. The lowest BCUT2D eigenvalue weighted by atomic mass is 10.0. The second-order valence-corrected chi connectivity index (χ2v) is 13.4. The molecule has 4 rings (SSSR count). The van der Waals surface area contributed by atoms with Crippen LogP contribution >= 0.6 is 0 Å². The van der Waals surface area contributed by atoms with E-state index in [2.05, 4.69) is 9.47 Å². The Bertz CT molecular complexity index is 1890. The second-order valence-electron chi connectivity index (χ2n) is 13.4. The summed E-state index contributed by atoms with van der Waals surface area (Å²) < 4.78 is 139. The molecule has 316 valence electrons. The minimum Gasteiger partial charge on any atom is -0.505 e. The Morgan fingerprint density at radius 2 is 0.879 bits per heavy atom. The first-order valence-electron chi connectivity index (χ1n) is 19.1. The van der Waals surface area contributed by atoms with Gasteiger partial charge in [0.05, 0.1) is 30.9 Å². The van der Waals surface area contributed by atoms with Crippen LogP contribution in [-0.2, 0) is 17.0 Å². The van der Waals surface area contributed by atoms with E-state index in [0.29, 0.717) is 49.7 Å². The number of aromatic hydroxyl groups is 1. The molecule has 58 heavy (non-hydrogen) atoms. The van der Waals surface area contributed by atoms with Crippen LogP contribution in [0.1, 0.15) is 95.1 Å². The van der Waals surface area contributed by atoms with Crippen LogP contribution in [0.25, 0.3) is 0 Å². The molecule has 0 unspecified atom stereocenters. The molecule has 0 spiro atoms. The molecule has 0 aromatic heterocycles. The number of halogens is 8. The van der Waals surface area contributed by atoms with E-state index in [-0.39, 0.29) is 12.4 Å². The molecule has 0 radical (unpaired) electrons. The Balaban J connectivity index is 0.984. The van der Waals surface area contributed by atoms with Gasteiger partial charge in [-0.3, -0.25) is 4.79 Å². The quantitative estimate of drug-likeness (QED) is 0.0498. The van der Waals surface area contributed by atoms with Gasteiger partial charge in [-0.1, -0.05) is 38.5 Å². The summed E-state index contributed by atoms with van der Waals surface area (Å²) in [6.45, 7) is 2.38. The highest BCUT2D eigenvalue weighted by Crippen LogP contribution is 2.37. The SMILES string of the molecule is CCOc1ccc(OC(F)(F)c2ccc(OCCCCCCCC(=O)CCCCCCCOc3ccc(C(F)(F)Oc4ccc(O)c(F)c4F)cc3)cc2)c(F)c1F. The zero-order valence-corrected chi connectivity index (χ0v) is 32.0. The van der Waals surface area contributed by atoms with E-state index in [9.17, 15) is 39.9 Å². The fourth-order valence-corrected chi connectivity index (χ4v) is 5.76. The Kier molecular flexibility index (Phi) is 17.3. The maximum Gasteiger partial charge on any atom is 0.426 e. The molecule has 0 bridgehead atoms. The third-order valence-corrected chi connectivity index (χ3v) is 8.93. The van der Waals surface area contributed by atoms with Crippen LogP contribution in [0.2, 0.25) is 0 Å². The summed E-state index contributed by atoms with van der Waals surface area (Å²) in [7, 11) is 0. The van der Waals surface area contributed by atoms with E-state index in [0.717, 1.165) is 101 Å². The normalized spacial score (nSPS) is 11.7. The van der Waals surface area contributed by atoms with Gasteiger partial charge in [-0.05, 0) is 105 Å². The molecule has 0 fully saturated rings. The highest BCUT2D eigenvalue weighted by Gasteiger charge is 2.37. The van der Waals surface area contributed by atoms with Crippen LogP contribution in [-0.4, -0.2) is 30.7 Å². The molecule has 0 aliphatic rings. The first-order valence-corrected chi connectivity index (χ1v) is 19.1. The highest BCUT2D eigenvalue weighted by molar-refractivity contribution is 5.78. The van der Waals surface area contributed by atoms with E-state index in [1.54, 1.807) is 6.92 Å². The predicted molar refractivity (Wildman–Crippen MR) is 199 cm³/mol. The van der Waals surface area contributed by atoms with Gasteiger partial charge in [-0.15, -0.1) is 0 Å².